The average Bonchev–Trinajstić information content (AvgIpc) is 3.06. The van der Waals surface area contributed by atoms with Crippen molar-refractivity contribution in [2.24, 2.45) is 0 Å². The molecule has 1 atom stereocenters. The van der Waals surface area contributed by atoms with Crippen LogP contribution in [0.4, 0.5) is 5.69 Å². The van der Waals surface area contributed by atoms with E-state index in [4.69, 9.17) is 4.74 Å². The number of amides is 1. The number of aromatic nitrogens is 2. The zero-order valence-corrected chi connectivity index (χ0v) is 15.1. The number of anilines is 1. The summed E-state index contributed by atoms with van der Waals surface area (Å²) >= 11 is 1.26. The summed E-state index contributed by atoms with van der Waals surface area (Å²) in [6.07, 6.45) is 2.59. The number of H-pyrrole nitrogens is 1. The fourth-order valence-corrected chi connectivity index (χ4v) is 3.56. The molecule has 0 aliphatic heterocycles. The third kappa shape index (κ3) is 4.22. The maximum atomic E-state index is 12.4. The van der Waals surface area contributed by atoms with E-state index in [2.05, 4.69) is 15.3 Å². The molecule has 0 saturated carbocycles. The number of aryl methyl sites for hydroxylation is 1. The maximum Gasteiger partial charge on any atom is 0.254 e. The molecule has 0 unspecified atom stereocenters. The zero-order chi connectivity index (χ0) is 17.8. The lowest BCUT2D eigenvalue weighted by Gasteiger charge is -2.12. The minimum Gasteiger partial charge on any atom is -0.494 e. The Morgan fingerprint density at radius 1 is 1.36 bits per heavy atom. The van der Waals surface area contributed by atoms with Gasteiger partial charge >= 0.3 is 0 Å². The highest BCUT2D eigenvalue weighted by Gasteiger charge is 2.20. The van der Waals surface area contributed by atoms with Gasteiger partial charge in [-0.05, 0) is 57.4 Å². The molecule has 25 heavy (non-hydrogen) atoms. The van der Waals surface area contributed by atoms with Gasteiger partial charge in [0.25, 0.3) is 5.56 Å². The summed E-state index contributed by atoms with van der Waals surface area (Å²) in [7, 11) is 0. The Morgan fingerprint density at radius 3 is 2.84 bits per heavy atom. The molecule has 0 bridgehead atoms. The van der Waals surface area contributed by atoms with E-state index < -0.39 is 0 Å². The van der Waals surface area contributed by atoms with E-state index in [1.54, 1.807) is 19.1 Å². The van der Waals surface area contributed by atoms with Crippen molar-refractivity contribution < 1.29 is 9.53 Å². The van der Waals surface area contributed by atoms with Crippen molar-refractivity contribution in [3.8, 4) is 5.75 Å². The van der Waals surface area contributed by atoms with E-state index in [9.17, 15) is 9.59 Å². The molecule has 1 aliphatic rings. The van der Waals surface area contributed by atoms with E-state index in [1.165, 1.54) is 11.8 Å². The monoisotopic (exact) mass is 359 g/mol. The number of aromatic amines is 1. The molecule has 0 radical (unpaired) electrons. The number of nitrogens with one attached hydrogen (secondary N) is 2. The van der Waals surface area contributed by atoms with Gasteiger partial charge in [-0.25, -0.2) is 4.98 Å². The van der Waals surface area contributed by atoms with Crippen LogP contribution in [0.3, 0.4) is 0 Å². The van der Waals surface area contributed by atoms with Crippen LogP contribution < -0.4 is 15.6 Å². The van der Waals surface area contributed by atoms with Gasteiger partial charge in [-0.3, -0.25) is 9.59 Å². The first-order chi connectivity index (χ1) is 12.1. The second kappa shape index (κ2) is 7.74. The Morgan fingerprint density at radius 2 is 2.12 bits per heavy atom. The summed E-state index contributed by atoms with van der Waals surface area (Å²) in [5, 5.41) is 2.98. The first kappa shape index (κ1) is 17.5. The number of benzene rings is 1. The van der Waals surface area contributed by atoms with Crippen LogP contribution in [0.1, 0.15) is 31.5 Å². The SMILES string of the molecule is CCOc1ccc(NC(=O)[C@H](C)Sc2nc3c(c(=O)[nH]2)CCC3)cc1. The van der Waals surface area contributed by atoms with Gasteiger partial charge in [-0.2, -0.15) is 0 Å². The molecule has 0 fully saturated rings. The average molecular weight is 359 g/mol. The lowest BCUT2D eigenvalue weighted by atomic mass is 10.3. The van der Waals surface area contributed by atoms with Crippen LogP contribution in [-0.2, 0) is 17.6 Å². The first-order valence-electron chi connectivity index (χ1n) is 8.39. The van der Waals surface area contributed by atoms with Crippen LogP contribution in [0, 0.1) is 0 Å². The number of rotatable bonds is 6. The highest BCUT2D eigenvalue weighted by Crippen LogP contribution is 2.24. The quantitative estimate of drug-likeness (QED) is 0.612. The predicted molar refractivity (Wildman–Crippen MR) is 98.4 cm³/mol. The smallest absolute Gasteiger partial charge is 0.254 e. The van der Waals surface area contributed by atoms with E-state index in [1.807, 2.05) is 19.1 Å². The lowest BCUT2D eigenvalue weighted by molar-refractivity contribution is -0.115. The second-order valence-electron chi connectivity index (χ2n) is 5.86. The number of nitrogens with zero attached hydrogens (tertiary/aromatic N) is 1. The van der Waals surface area contributed by atoms with E-state index in [0.717, 1.165) is 36.3 Å². The van der Waals surface area contributed by atoms with Crippen LogP contribution in [0.25, 0.3) is 0 Å². The van der Waals surface area contributed by atoms with Gasteiger partial charge in [0.05, 0.1) is 17.6 Å². The summed E-state index contributed by atoms with van der Waals surface area (Å²) in [6, 6.07) is 7.23. The summed E-state index contributed by atoms with van der Waals surface area (Å²) in [6.45, 7) is 4.32. The van der Waals surface area contributed by atoms with Crippen molar-refractivity contribution in [1.82, 2.24) is 9.97 Å². The second-order valence-corrected chi connectivity index (χ2v) is 7.19. The molecular formula is C18H21N3O3S. The number of fused-ring (bicyclic) bond motifs is 1. The minimum atomic E-state index is -0.380. The normalized spacial score (nSPS) is 14.0. The number of carbonyl (C=O) groups excluding carboxylic acids is 1. The Labute approximate surface area is 150 Å². The molecule has 1 aliphatic carbocycles. The molecule has 2 aromatic rings. The predicted octanol–water partition coefficient (Wildman–Crippen LogP) is 2.78. The standard InChI is InChI=1S/C18H21N3O3S/c1-3-24-13-9-7-12(8-10-13)19-16(22)11(2)25-18-20-15-6-4-5-14(15)17(23)21-18/h7-11H,3-6H2,1-2H3,(H,19,22)(H,20,21,23)/t11-/m0/s1. The van der Waals surface area contributed by atoms with Crippen molar-refractivity contribution >= 4 is 23.4 Å². The van der Waals surface area contributed by atoms with Gasteiger partial charge in [0.1, 0.15) is 5.75 Å². The number of hydrogen-bond donors (Lipinski definition) is 2. The molecular weight excluding hydrogens is 338 g/mol. The van der Waals surface area contributed by atoms with Crippen molar-refractivity contribution in [3.05, 3.63) is 45.9 Å². The van der Waals surface area contributed by atoms with Crippen LogP contribution in [-0.4, -0.2) is 27.7 Å². The van der Waals surface area contributed by atoms with E-state index >= 15 is 0 Å². The fourth-order valence-electron chi connectivity index (χ4n) is 2.74. The van der Waals surface area contributed by atoms with Gasteiger partial charge in [-0.15, -0.1) is 0 Å². The largest absolute Gasteiger partial charge is 0.494 e. The zero-order valence-electron chi connectivity index (χ0n) is 14.3. The molecule has 0 spiro atoms. The minimum absolute atomic E-state index is 0.0795. The molecule has 2 N–H and O–H groups in total. The van der Waals surface area contributed by atoms with Gasteiger partial charge in [0, 0.05) is 11.3 Å². The Bertz CT molecular complexity index is 817. The fraction of sp³-hybridized carbons (Fsp3) is 0.389. The number of thioether (sulfide) groups is 1. The third-order valence-electron chi connectivity index (χ3n) is 4.01. The van der Waals surface area contributed by atoms with Crippen LogP contribution >= 0.6 is 11.8 Å². The Hall–Kier alpha value is -2.28. The van der Waals surface area contributed by atoms with Crippen LogP contribution in [0.5, 0.6) is 5.75 Å². The molecule has 1 aromatic carbocycles. The molecule has 1 aromatic heterocycles. The lowest BCUT2D eigenvalue weighted by Crippen LogP contribution is -2.23. The molecule has 1 heterocycles. The van der Waals surface area contributed by atoms with Gasteiger partial charge < -0.3 is 15.0 Å². The molecule has 6 nitrogen and oxygen atoms in total. The van der Waals surface area contributed by atoms with Crippen molar-refractivity contribution in [2.75, 3.05) is 11.9 Å². The third-order valence-corrected chi connectivity index (χ3v) is 4.99. The summed E-state index contributed by atoms with van der Waals surface area (Å²) in [5.41, 5.74) is 2.28. The Balaban J connectivity index is 1.63. The molecule has 7 heteroatoms. The van der Waals surface area contributed by atoms with Crippen molar-refractivity contribution in [3.63, 3.8) is 0 Å². The van der Waals surface area contributed by atoms with E-state index in [0.29, 0.717) is 17.5 Å². The van der Waals surface area contributed by atoms with Gasteiger partial charge in [0.15, 0.2) is 5.16 Å². The highest BCUT2D eigenvalue weighted by atomic mass is 32.2. The van der Waals surface area contributed by atoms with Crippen LogP contribution in [0.2, 0.25) is 0 Å². The topological polar surface area (TPSA) is 84.1 Å². The van der Waals surface area contributed by atoms with Crippen molar-refractivity contribution in [2.45, 2.75) is 43.5 Å². The maximum absolute atomic E-state index is 12.4. The highest BCUT2D eigenvalue weighted by molar-refractivity contribution is 8.00. The van der Waals surface area contributed by atoms with E-state index in [-0.39, 0.29) is 16.7 Å². The summed E-state index contributed by atoms with van der Waals surface area (Å²) in [5.74, 6) is 0.625. The number of hydrogen-bond acceptors (Lipinski definition) is 5. The summed E-state index contributed by atoms with van der Waals surface area (Å²) in [4.78, 5) is 31.7. The molecule has 3 rings (SSSR count). The molecule has 0 saturated heterocycles. The summed E-state index contributed by atoms with van der Waals surface area (Å²) < 4.78 is 5.38. The molecule has 132 valence electrons. The number of ether oxygens (including phenoxy) is 1. The van der Waals surface area contributed by atoms with Crippen molar-refractivity contribution in [1.29, 1.82) is 0 Å². The Kier molecular flexibility index (Phi) is 5.43. The first-order valence-corrected chi connectivity index (χ1v) is 9.27. The van der Waals surface area contributed by atoms with Gasteiger partial charge in [-0.1, -0.05) is 11.8 Å². The number of carbonyl (C=O) groups is 1. The van der Waals surface area contributed by atoms with Crippen LogP contribution in [0.15, 0.2) is 34.2 Å². The van der Waals surface area contributed by atoms with Gasteiger partial charge in [0.2, 0.25) is 5.91 Å². The molecule has 1 amide bonds.